The molecule has 4 aromatic rings. The molecule has 1 aromatic carbocycles. The summed E-state index contributed by atoms with van der Waals surface area (Å²) in [6.45, 7) is 7.09. The normalized spacial score (nSPS) is 10.4. The van der Waals surface area contributed by atoms with E-state index in [1.807, 2.05) is 50.2 Å². The van der Waals surface area contributed by atoms with E-state index in [9.17, 15) is 4.79 Å². The second kappa shape index (κ2) is 9.82. The predicted molar refractivity (Wildman–Crippen MR) is 121 cm³/mol. The van der Waals surface area contributed by atoms with E-state index < -0.39 is 5.97 Å². The summed E-state index contributed by atoms with van der Waals surface area (Å²) in [5, 5.41) is 12.8. The van der Waals surface area contributed by atoms with Crippen LogP contribution in [0.4, 0.5) is 0 Å². The number of hydrogen-bond acceptors (Lipinski definition) is 6. The highest BCUT2D eigenvalue weighted by Crippen LogP contribution is 2.29. The Hall–Kier alpha value is -4.07. The Balaban J connectivity index is 0.000000668. The number of para-hydroxylation sites is 1. The molecule has 0 bridgehead atoms. The molecule has 3 aromatic heterocycles. The van der Waals surface area contributed by atoms with Gasteiger partial charge in [-0.2, -0.15) is 5.10 Å². The summed E-state index contributed by atoms with van der Waals surface area (Å²) in [5.41, 5.74) is 5.37. The van der Waals surface area contributed by atoms with Crippen LogP contribution in [-0.2, 0) is 9.53 Å². The molecule has 164 valence electrons. The van der Waals surface area contributed by atoms with Gasteiger partial charge in [0.05, 0.1) is 34.6 Å². The monoisotopic (exact) mass is 432 g/mol. The van der Waals surface area contributed by atoms with Crippen LogP contribution in [0.3, 0.4) is 0 Å². The number of carboxylic acid groups (broad SMARTS) is 1. The maximum Gasteiger partial charge on any atom is 0.339 e. The van der Waals surface area contributed by atoms with Crippen molar-refractivity contribution in [3.8, 4) is 16.9 Å². The average Bonchev–Trinajstić information content (AvgIpc) is 3.10. The van der Waals surface area contributed by atoms with Gasteiger partial charge in [-0.1, -0.05) is 18.2 Å². The van der Waals surface area contributed by atoms with Gasteiger partial charge in [-0.05, 0) is 50.6 Å². The number of nitrogens with zero attached hydrogens (tertiary/aromatic N) is 4. The molecule has 0 fully saturated rings. The van der Waals surface area contributed by atoms with Crippen molar-refractivity contribution in [3.05, 3.63) is 71.7 Å². The number of carboxylic acids is 1. The number of ether oxygens (including phenoxy) is 1. The van der Waals surface area contributed by atoms with Gasteiger partial charge >= 0.3 is 5.97 Å². The highest BCUT2D eigenvalue weighted by molar-refractivity contribution is 6.05. The third kappa shape index (κ3) is 4.80. The number of pyridine rings is 2. The molecule has 0 amide bonds. The highest BCUT2D eigenvalue weighted by Gasteiger charge is 2.22. The van der Waals surface area contributed by atoms with Crippen molar-refractivity contribution in [1.82, 2.24) is 19.7 Å². The van der Waals surface area contributed by atoms with Gasteiger partial charge in [-0.3, -0.25) is 9.78 Å². The van der Waals surface area contributed by atoms with Gasteiger partial charge in [0.1, 0.15) is 0 Å². The SMILES string of the molecule is CC(=O)O.CCOC(=O)c1cc(-c2ccncc2)nc2c1c(C)nn2-c1ccccc1C. The van der Waals surface area contributed by atoms with E-state index in [1.165, 1.54) is 0 Å². The predicted octanol–water partition coefficient (Wildman–Crippen LogP) is 4.37. The zero-order valence-corrected chi connectivity index (χ0v) is 18.4. The fourth-order valence-corrected chi connectivity index (χ4v) is 3.30. The molecule has 8 nitrogen and oxygen atoms in total. The van der Waals surface area contributed by atoms with E-state index in [0.717, 1.165) is 29.4 Å². The third-order valence-electron chi connectivity index (χ3n) is 4.63. The van der Waals surface area contributed by atoms with Crippen molar-refractivity contribution in [2.45, 2.75) is 27.7 Å². The lowest BCUT2D eigenvalue weighted by molar-refractivity contribution is -0.134. The quantitative estimate of drug-likeness (QED) is 0.477. The summed E-state index contributed by atoms with van der Waals surface area (Å²) in [5.74, 6) is -1.21. The molecule has 0 atom stereocenters. The van der Waals surface area contributed by atoms with Crippen molar-refractivity contribution >= 4 is 23.0 Å². The Morgan fingerprint density at radius 2 is 1.75 bits per heavy atom. The number of esters is 1. The Labute approximate surface area is 185 Å². The zero-order valence-electron chi connectivity index (χ0n) is 18.4. The Morgan fingerprint density at radius 3 is 2.38 bits per heavy atom. The first-order valence-corrected chi connectivity index (χ1v) is 10.1. The largest absolute Gasteiger partial charge is 0.481 e. The minimum atomic E-state index is -0.833. The number of benzene rings is 1. The number of hydrogen-bond donors (Lipinski definition) is 1. The van der Waals surface area contributed by atoms with Gasteiger partial charge in [0.25, 0.3) is 5.97 Å². The van der Waals surface area contributed by atoms with Crippen LogP contribution in [-0.4, -0.2) is 43.4 Å². The topological polar surface area (TPSA) is 107 Å². The number of aromatic nitrogens is 4. The third-order valence-corrected chi connectivity index (χ3v) is 4.63. The van der Waals surface area contributed by atoms with Gasteiger partial charge in [-0.25, -0.2) is 14.5 Å². The van der Waals surface area contributed by atoms with Crippen molar-refractivity contribution in [3.63, 3.8) is 0 Å². The van der Waals surface area contributed by atoms with E-state index in [1.54, 1.807) is 30.1 Å². The summed E-state index contributed by atoms with van der Waals surface area (Å²) in [4.78, 5) is 30.6. The summed E-state index contributed by atoms with van der Waals surface area (Å²) in [7, 11) is 0. The first kappa shape index (κ1) is 22.6. The molecule has 0 radical (unpaired) electrons. The lowest BCUT2D eigenvalue weighted by Crippen LogP contribution is -2.07. The van der Waals surface area contributed by atoms with Crippen LogP contribution in [0.5, 0.6) is 0 Å². The highest BCUT2D eigenvalue weighted by atomic mass is 16.5. The van der Waals surface area contributed by atoms with Crippen molar-refractivity contribution < 1.29 is 19.4 Å². The lowest BCUT2D eigenvalue weighted by atomic mass is 10.1. The Bertz CT molecular complexity index is 1260. The summed E-state index contributed by atoms with van der Waals surface area (Å²) in [6.07, 6.45) is 3.41. The van der Waals surface area contributed by atoms with Gasteiger partial charge in [-0.15, -0.1) is 0 Å². The minimum absolute atomic E-state index is 0.304. The van der Waals surface area contributed by atoms with Crippen LogP contribution in [0.15, 0.2) is 54.9 Å². The number of carbonyl (C=O) groups excluding carboxylic acids is 1. The van der Waals surface area contributed by atoms with Crippen LogP contribution >= 0.6 is 0 Å². The van der Waals surface area contributed by atoms with Crippen LogP contribution in [0.25, 0.3) is 28.0 Å². The molecule has 0 saturated heterocycles. The maximum atomic E-state index is 12.7. The molecule has 1 N–H and O–H groups in total. The van der Waals surface area contributed by atoms with Crippen LogP contribution in [0.1, 0.15) is 35.5 Å². The molecular formula is C24H24N4O4. The zero-order chi connectivity index (χ0) is 23.3. The lowest BCUT2D eigenvalue weighted by Gasteiger charge is -2.10. The molecule has 0 spiro atoms. The van der Waals surface area contributed by atoms with Gasteiger partial charge in [0, 0.05) is 24.9 Å². The van der Waals surface area contributed by atoms with Gasteiger partial charge < -0.3 is 9.84 Å². The average molecular weight is 432 g/mol. The van der Waals surface area contributed by atoms with Crippen LogP contribution < -0.4 is 0 Å². The van der Waals surface area contributed by atoms with Crippen LogP contribution in [0.2, 0.25) is 0 Å². The summed E-state index contributed by atoms with van der Waals surface area (Å²) < 4.78 is 7.10. The van der Waals surface area contributed by atoms with Crippen molar-refractivity contribution in [1.29, 1.82) is 0 Å². The maximum absolute atomic E-state index is 12.7. The van der Waals surface area contributed by atoms with E-state index >= 15 is 0 Å². The molecule has 0 saturated carbocycles. The number of fused-ring (bicyclic) bond motifs is 1. The van der Waals surface area contributed by atoms with Crippen LogP contribution in [0, 0.1) is 13.8 Å². The molecule has 0 aliphatic heterocycles. The molecular weight excluding hydrogens is 408 g/mol. The molecule has 3 heterocycles. The minimum Gasteiger partial charge on any atom is -0.481 e. The number of aliphatic carboxylic acids is 1. The van der Waals surface area contributed by atoms with E-state index in [-0.39, 0.29) is 5.97 Å². The second-order valence-corrected chi connectivity index (χ2v) is 7.01. The number of carbonyl (C=O) groups is 2. The summed E-state index contributed by atoms with van der Waals surface area (Å²) >= 11 is 0. The van der Waals surface area contributed by atoms with E-state index in [2.05, 4.69) is 4.98 Å². The first-order chi connectivity index (χ1) is 15.3. The van der Waals surface area contributed by atoms with Gasteiger partial charge in [0.15, 0.2) is 5.65 Å². The van der Waals surface area contributed by atoms with Crippen molar-refractivity contribution in [2.24, 2.45) is 0 Å². The first-order valence-electron chi connectivity index (χ1n) is 10.1. The molecule has 0 aliphatic carbocycles. The molecule has 0 unspecified atom stereocenters. The molecule has 8 heteroatoms. The second-order valence-electron chi connectivity index (χ2n) is 7.01. The fraction of sp³-hybridized carbons (Fsp3) is 0.208. The van der Waals surface area contributed by atoms with E-state index in [0.29, 0.717) is 28.9 Å². The standard InChI is InChI=1S/C22H20N4O2.C2H4O2/c1-4-28-22(27)17-13-18(16-9-11-23-12-10-16)24-21-20(17)15(3)25-26(21)19-8-6-5-7-14(19)2;1-2(3)4/h5-13H,4H2,1-3H3;1H3,(H,3,4). The van der Waals surface area contributed by atoms with Crippen molar-refractivity contribution in [2.75, 3.05) is 6.61 Å². The Morgan fingerprint density at radius 1 is 1.09 bits per heavy atom. The molecule has 4 rings (SSSR count). The number of aryl methyl sites for hydroxylation is 2. The smallest absolute Gasteiger partial charge is 0.339 e. The molecule has 0 aliphatic rings. The van der Waals surface area contributed by atoms with E-state index in [4.69, 9.17) is 24.7 Å². The molecule has 32 heavy (non-hydrogen) atoms. The Kier molecular flexibility index (Phi) is 6.94. The number of rotatable bonds is 4. The summed E-state index contributed by atoms with van der Waals surface area (Å²) in [6, 6.07) is 13.5. The fourth-order valence-electron chi connectivity index (χ4n) is 3.30. The van der Waals surface area contributed by atoms with Gasteiger partial charge in [0.2, 0.25) is 0 Å².